The number of H-pyrrole nitrogens is 1. The second kappa shape index (κ2) is 7.09. The first kappa shape index (κ1) is 17.8. The highest BCUT2D eigenvalue weighted by atomic mass is 32.2. The molecule has 1 heterocycles. The zero-order chi connectivity index (χ0) is 18.7. The van der Waals surface area contributed by atoms with Crippen LogP contribution in [0.25, 0.3) is 0 Å². The Balaban J connectivity index is 1.73. The number of aromatic nitrogens is 2. The van der Waals surface area contributed by atoms with Gasteiger partial charge in [0, 0.05) is 17.1 Å². The van der Waals surface area contributed by atoms with Gasteiger partial charge in [-0.2, -0.15) is 5.10 Å². The van der Waals surface area contributed by atoms with Crippen molar-refractivity contribution in [3.05, 3.63) is 59.9 Å². The molecule has 0 atom stereocenters. The van der Waals surface area contributed by atoms with Crippen LogP contribution in [-0.4, -0.2) is 25.7 Å². The minimum atomic E-state index is -3.69. The topological polar surface area (TPSA) is 96.1 Å². The molecule has 0 aliphatic heterocycles. The minimum absolute atomic E-state index is 0.179. The number of aryl methyl sites for hydroxylation is 2. The van der Waals surface area contributed by atoms with E-state index in [9.17, 15) is 8.42 Å². The molecular formula is C18H20N4O3S. The van der Waals surface area contributed by atoms with E-state index in [-0.39, 0.29) is 4.90 Å². The fourth-order valence-electron chi connectivity index (χ4n) is 2.61. The summed E-state index contributed by atoms with van der Waals surface area (Å²) < 4.78 is 32.8. The molecule has 0 aliphatic rings. The molecule has 0 aliphatic carbocycles. The number of hydrogen-bond acceptors (Lipinski definition) is 5. The van der Waals surface area contributed by atoms with Gasteiger partial charge in [-0.25, -0.2) is 8.42 Å². The molecule has 1 aromatic heterocycles. The Kier molecular flexibility index (Phi) is 4.85. The molecule has 8 heteroatoms. The molecule has 0 unspecified atom stereocenters. The summed E-state index contributed by atoms with van der Waals surface area (Å²) in [6.07, 6.45) is 0. The van der Waals surface area contributed by atoms with E-state index >= 15 is 0 Å². The summed E-state index contributed by atoms with van der Waals surface area (Å²) in [5, 5.41) is 9.86. The lowest BCUT2D eigenvalue weighted by Gasteiger charge is -2.10. The number of rotatable bonds is 6. The molecule has 0 bridgehead atoms. The van der Waals surface area contributed by atoms with E-state index in [4.69, 9.17) is 4.74 Å². The molecular weight excluding hydrogens is 352 g/mol. The molecule has 0 saturated heterocycles. The standard InChI is InChI=1S/C18H20N4O3S/c1-12-18(13(2)21-20-12)26(23,24)22-16-6-4-14(5-7-16)19-15-8-10-17(25-3)11-9-15/h4-11,19,22H,1-3H3,(H,20,21). The third-order valence-electron chi connectivity index (χ3n) is 3.85. The zero-order valence-electron chi connectivity index (χ0n) is 14.7. The Labute approximate surface area is 152 Å². The first-order valence-corrected chi connectivity index (χ1v) is 9.43. The zero-order valence-corrected chi connectivity index (χ0v) is 15.5. The quantitative estimate of drug-likeness (QED) is 0.615. The van der Waals surface area contributed by atoms with Gasteiger partial charge in [0.05, 0.1) is 18.5 Å². The number of sulfonamides is 1. The van der Waals surface area contributed by atoms with Gasteiger partial charge in [-0.15, -0.1) is 0 Å². The molecule has 7 nitrogen and oxygen atoms in total. The van der Waals surface area contributed by atoms with Crippen LogP contribution in [0.1, 0.15) is 11.4 Å². The number of benzene rings is 2. The van der Waals surface area contributed by atoms with Gasteiger partial charge in [0.1, 0.15) is 10.6 Å². The van der Waals surface area contributed by atoms with Crippen molar-refractivity contribution in [3.8, 4) is 5.75 Å². The lowest BCUT2D eigenvalue weighted by atomic mass is 10.2. The van der Waals surface area contributed by atoms with Crippen molar-refractivity contribution in [2.45, 2.75) is 18.7 Å². The van der Waals surface area contributed by atoms with E-state index in [0.29, 0.717) is 17.1 Å². The van der Waals surface area contributed by atoms with Crippen LogP contribution < -0.4 is 14.8 Å². The SMILES string of the molecule is COc1ccc(Nc2ccc(NS(=O)(=O)c3c(C)n[nH]c3C)cc2)cc1. The van der Waals surface area contributed by atoms with Crippen LogP contribution in [-0.2, 0) is 10.0 Å². The Bertz CT molecular complexity index is 974. The van der Waals surface area contributed by atoms with Crippen molar-refractivity contribution in [1.29, 1.82) is 0 Å². The largest absolute Gasteiger partial charge is 0.497 e. The van der Waals surface area contributed by atoms with Gasteiger partial charge in [-0.1, -0.05) is 0 Å². The predicted octanol–water partition coefficient (Wildman–Crippen LogP) is 3.58. The maximum absolute atomic E-state index is 12.5. The Hall–Kier alpha value is -3.00. The van der Waals surface area contributed by atoms with Crippen molar-refractivity contribution in [2.24, 2.45) is 0 Å². The van der Waals surface area contributed by atoms with E-state index in [1.54, 1.807) is 45.2 Å². The second-order valence-corrected chi connectivity index (χ2v) is 7.42. The van der Waals surface area contributed by atoms with Crippen LogP contribution in [0.15, 0.2) is 53.4 Å². The Morgan fingerprint density at radius 1 is 0.923 bits per heavy atom. The van der Waals surface area contributed by atoms with Gasteiger partial charge in [0.2, 0.25) is 0 Å². The van der Waals surface area contributed by atoms with Crippen LogP contribution in [0.5, 0.6) is 5.75 Å². The molecule has 0 fully saturated rings. The van der Waals surface area contributed by atoms with E-state index in [1.165, 1.54) is 0 Å². The van der Waals surface area contributed by atoms with Crippen LogP contribution in [0.3, 0.4) is 0 Å². The summed E-state index contributed by atoms with van der Waals surface area (Å²) in [7, 11) is -2.07. The predicted molar refractivity (Wildman–Crippen MR) is 102 cm³/mol. The van der Waals surface area contributed by atoms with Crippen molar-refractivity contribution < 1.29 is 13.2 Å². The Morgan fingerprint density at radius 3 is 1.96 bits per heavy atom. The van der Waals surface area contributed by atoms with Gasteiger partial charge < -0.3 is 10.1 Å². The summed E-state index contributed by atoms with van der Waals surface area (Å²) in [5.74, 6) is 0.783. The van der Waals surface area contributed by atoms with Gasteiger partial charge >= 0.3 is 0 Å². The number of ether oxygens (including phenoxy) is 1. The van der Waals surface area contributed by atoms with Crippen molar-refractivity contribution in [2.75, 3.05) is 17.1 Å². The molecule has 2 aromatic carbocycles. The van der Waals surface area contributed by atoms with Gasteiger partial charge in [0.15, 0.2) is 0 Å². The van der Waals surface area contributed by atoms with Gasteiger partial charge in [-0.3, -0.25) is 9.82 Å². The maximum atomic E-state index is 12.5. The molecule has 0 saturated carbocycles. The summed E-state index contributed by atoms with van der Waals surface area (Å²) in [6, 6.07) is 14.5. The summed E-state index contributed by atoms with van der Waals surface area (Å²) in [5.41, 5.74) is 3.17. The lowest BCUT2D eigenvalue weighted by molar-refractivity contribution is 0.415. The van der Waals surface area contributed by atoms with Crippen LogP contribution in [0, 0.1) is 13.8 Å². The fourth-order valence-corrected chi connectivity index (χ4v) is 4.04. The van der Waals surface area contributed by atoms with E-state index in [2.05, 4.69) is 20.2 Å². The average Bonchev–Trinajstić information content (AvgIpc) is 2.96. The van der Waals surface area contributed by atoms with Crippen LogP contribution in [0.2, 0.25) is 0 Å². The van der Waals surface area contributed by atoms with Gasteiger partial charge in [0.25, 0.3) is 10.0 Å². The van der Waals surface area contributed by atoms with Crippen molar-refractivity contribution in [1.82, 2.24) is 10.2 Å². The first-order valence-electron chi connectivity index (χ1n) is 7.94. The maximum Gasteiger partial charge on any atom is 0.265 e. The number of aromatic amines is 1. The van der Waals surface area contributed by atoms with Crippen LogP contribution >= 0.6 is 0 Å². The van der Waals surface area contributed by atoms with Crippen molar-refractivity contribution in [3.63, 3.8) is 0 Å². The summed E-state index contributed by atoms with van der Waals surface area (Å²) in [4.78, 5) is 0.179. The van der Waals surface area contributed by atoms with E-state index < -0.39 is 10.0 Å². The first-order chi connectivity index (χ1) is 12.4. The summed E-state index contributed by atoms with van der Waals surface area (Å²) >= 11 is 0. The molecule has 3 rings (SSSR count). The normalized spacial score (nSPS) is 11.2. The minimum Gasteiger partial charge on any atom is -0.497 e. The number of hydrogen-bond donors (Lipinski definition) is 3. The van der Waals surface area contributed by atoms with Crippen LogP contribution in [0.4, 0.5) is 17.1 Å². The smallest absolute Gasteiger partial charge is 0.265 e. The molecule has 26 heavy (non-hydrogen) atoms. The molecule has 0 radical (unpaired) electrons. The monoisotopic (exact) mass is 372 g/mol. The Morgan fingerprint density at radius 2 is 1.46 bits per heavy atom. The number of anilines is 3. The molecule has 3 aromatic rings. The number of methoxy groups -OCH3 is 1. The number of nitrogens with zero attached hydrogens (tertiary/aromatic N) is 1. The molecule has 0 spiro atoms. The van der Waals surface area contributed by atoms with Gasteiger partial charge in [-0.05, 0) is 62.4 Å². The summed E-state index contributed by atoms with van der Waals surface area (Å²) in [6.45, 7) is 3.33. The fraction of sp³-hybridized carbons (Fsp3) is 0.167. The molecule has 0 amide bonds. The third-order valence-corrected chi connectivity index (χ3v) is 5.49. The van der Waals surface area contributed by atoms with E-state index in [0.717, 1.165) is 17.1 Å². The van der Waals surface area contributed by atoms with E-state index in [1.807, 2.05) is 24.3 Å². The third kappa shape index (κ3) is 3.80. The second-order valence-electron chi connectivity index (χ2n) is 5.80. The molecule has 136 valence electrons. The highest BCUT2D eigenvalue weighted by Crippen LogP contribution is 2.24. The number of nitrogens with one attached hydrogen (secondary N) is 3. The molecule has 3 N–H and O–H groups in total. The highest BCUT2D eigenvalue weighted by Gasteiger charge is 2.22. The average molecular weight is 372 g/mol. The van der Waals surface area contributed by atoms with Crippen molar-refractivity contribution >= 4 is 27.1 Å². The lowest BCUT2D eigenvalue weighted by Crippen LogP contribution is -2.14. The highest BCUT2D eigenvalue weighted by molar-refractivity contribution is 7.92.